The second kappa shape index (κ2) is 11.8. The zero-order chi connectivity index (χ0) is 36.6. The number of para-hydroxylation sites is 6. The summed E-state index contributed by atoms with van der Waals surface area (Å²) >= 11 is 0. The average molecular weight is 700 g/mol. The lowest BCUT2D eigenvalue weighted by Gasteiger charge is -2.18. The second-order valence-corrected chi connectivity index (χ2v) is 14.0. The van der Waals surface area contributed by atoms with E-state index in [1.54, 1.807) is 0 Å². The van der Waals surface area contributed by atoms with Gasteiger partial charge in [0.1, 0.15) is 0 Å². The number of rotatable bonds is 4. The van der Waals surface area contributed by atoms with Crippen molar-refractivity contribution in [2.75, 3.05) is 0 Å². The standard InChI is InChI=1S/C50H29N5/c51-30-32-24-25-41-39-15-2-7-19-44(39)53(49(41)28-32)35-27-33(31-52)26-34(29-35)36-12-1-6-18-43(36)55-47-22-10-5-16-40(47)42-17-11-23-48(50(42)55)54-45-20-8-3-13-37(45)38-14-4-9-21-46(38)54/h1-29H. The predicted molar refractivity (Wildman–Crippen MR) is 224 cm³/mol. The molecule has 0 atom stereocenters. The molecule has 0 radical (unpaired) electrons. The van der Waals surface area contributed by atoms with Crippen molar-refractivity contribution < 1.29 is 0 Å². The molecular formula is C50H29N5. The molecule has 0 saturated heterocycles. The molecule has 11 aromatic rings. The molecule has 3 aromatic heterocycles. The number of hydrogen-bond acceptors (Lipinski definition) is 2. The van der Waals surface area contributed by atoms with Gasteiger partial charge in [0.05, 0.1) is 67.7 Å². The van der Waals surface area contributed by atoms with Crippen LogP contribution in [-0.2, 0) is 0 Å². The number of benzene rings is 8. The molecule has 0 fully saturated rings. The van der Waals surface area contributed by atoms with Crippen molar-refractivity contribution >= 4 is 65.4 Å². The van der Waals surface area contributed by atoms with Gasteiger partial charge in [-0.2, -0.15) is 10.5 Å². The summed E-state index contributed by atoms with van der Waals surface area (Å²) in [5, 5.41) is 27.2. The lowest BCUT2D eigenvalue weighted by molar-refractivity contribution is 1.13. The van der Waals surface area contributed by atoms with E-state index in [-0.39, 0.29) is 0 Å². The summed E-state index contributed by atoms with van der Waals surface area (Å²) in [5.74, 6) is 0. The van der Waals surface area contributed by atoms with Crippen molar-refractivity contribution in [1.82, 2.24) is 13.7 Å². The van der Waals surface area contributed by atoms with Crippen LogP contribution in [0.4, 0.5) is 0 Å². The predicted octanol–water partition coefficient (Wildman–Crippen LogP) is 12.4. The Kier molecular flexibility index (Phi) is 6.61. The third-order valence-electron chi connectivity index (χ3n) is 11.1. The Labute approximate surface area is 316 Å². The van der Waals surface area contributed by atoms with Crippen LogP contribution >= 0.6 is 0 Å². The minimum Gasteiger partial charge on any atom is -0.309 e. The third-order valence-corrected chi connectivity index (χ3v) is 11.1. The minimum absolute atomic E-state index is 0.554. The molecule has 0 unspecified atom stereocenters. The fourth-order valence-electron chi connectivity index (χ4n) is 8.80. The monoisotopic (exact) mass is 699 g/mol. The quantitative estimate of drug-likeness (QED) is 0.184. The SMILES string of the molecule is N#Cc1cc(-c2ccccc2-n2c3ccccc3c3cccc(-n4c5ccccc5c5ccccc54)c32)cc(-n2c3ccccc3c3ccc(C#N)cc32)c1. The van der Waals surface area contributed by atoms with E-state index < -0.39 is 0 Å². The van der Waals surface area contributed by atoms with E-state index in [0.717, 1.165) is 77.4 Å². The van der Waals surface area contributed by atoms with Gasteiger partial charge in [-0.3, -0.25) is 0 Å². The summed E-state index contributed by atoms with van der Waals surface area (Å²) in [5.41, 5.74) is 12.5. The van der Waals surface area contributed by atoms with Gasteiger partial charge in [0.2, 0.25) is 0 Å². The number of aromatic nitrogens is 3. The molecule has 5 heteroatoms. The molecule has 0 spiro atoms. The number of nitrogens with zero attached hydrogens (tertiary/aromatic N) is 5. The van der Waals surface area contributed by atoms with E-state index in [1.807, 2.05) is 42.5 Å². The lowest BCUT2D eigenvalue weighted by Crippen LogP contribution is -2.02. The normalized spacial score (nSPS) is 11.6. The van der Waals surface area contributed by atoms with E-state index in [9.17, 15) is 10.5 Å². The molecule has 11 rings (SSSR count). The Morgan fingerprint density at radius 3 is 1.51 bits per heavy atom. The molecule has 8 aromatic carbocycles. The van der Waals surface area contributed by atoms with Gasteiger partial charge >= 0.3 is 0 Å². The first-order valence-electron chi connectivity index (χ1n) is 18.3. The highest BCUT2D eigenvalue weighted by molar-refractivity contribution is 6.15. The first-order valence-corrected chi connectivity index (χ1v) is 18.3. The van der Waals surface area contributed by atoms with Crippen LogP contribution in [0.2, 0.25) is 0 Å². The molecular weight excluding hydrogens is 671 g/mol. The van der Waals surface area contributed by atoms with Crippen molar-refractivity contribution in [3.63, 3.8) is 0 Å². The zero-order valence-electron chi connectivity index (χ0n) is 29.5. The molecule has 0 amide bonds. The number of hydrogen-bond donors (Lipinski definition) is 0. The van der Waals surface area contributed by atoms with Crippen molar-refractivity contribution in [2.45, 2.75) is 0 Å². The van der Waals surface area contributed by atoms with Crippen molar-refractivity contribution in [3.8, 4) is 40.3 Å². The number of nitriles is 2. The Morgan fingerprint density at radius 1 is 0.345 bits per heavy atom. The highest BCUT2D eigenvalue weighted by Crippen LogP contribution is 2.42. The van der Waals surface area contributed by atoms with Gasteiger partial charge in [-0.05, 0) is 72.3 Å². The summed E-state index contributed by atoms with van der Waals surface area (Å²) in [4.78, 5) is 0. The topological polar surface area (TPSA) is 62.4 Å². The van der Waals surface area contributed by atoms with Crippen molar-refractivity contribution in [1.29, 1.82) is 10.5 Å². The van der Waals surface area contributed by atoms with Crippen LogP contribution in [0.3, 0.4) is 0 Å². The molecule has 0 bridgehead atoms. The summed E-state index contributed by atoms with van der Waals surface area (Å²) < 4.78 is 6.98. The Balaban J connectivity index is 1.22. The van der Waals surface area contributed by atoms with E-state index in [2.05, 4.69) is 159 Å². The highest BCUT2D eigenvalue weighted by atomic mass is 15.1. The van der Waals surface area contributed by atoms with E-state index in [4.69, 9.17) is 0 Å². The first kappa shape index (κ1) is 30.7. The highest BCUT2D eigenvalue weighted by Gasteiger charge is 2.22. The second-order valence-electron chi connectivity index (χ2n) is 14.0. The van der Waals surface area contributed by atoms with E-state index in [1.165, 1.54) is 16.2 Å². The maximum atomic E-state index is 10.5. The molecule has 0 aliphatic heterocycles. The van der Waals surface area contributed by atoms with Crippen LogP contribution < -0.4 is 0 Å². The largest absolute Gasteiger partial charge is 0.309 e. The Hall–Kier alpha value is -7.86. The van der Waals surface area contributed by atoms with Gasteiger partial charge in [0.25, 0.3) is 0 Å². The van der Waals surface area contributed by atoms with Gasteiger partial charge in [-0.1, -0.05) is 109 Å². The third kappa shape index (κ3) is 4.45. The van der Waals surface area contributed by atoms with Crippen molar-refractivity contribution in [2.24, 2.45) is 0 Å². The van der Waals surface area contributed by atoms with Gasteiger partial charge in [-0.25, -0.2) is 0 Å². The molecule has 0 N–H and O–H groups in total. The summed E-state index contributed by atoms with van der Waals surface area (Å²) in [6.45, 7) is 0. The van der Waals surface area contributed by atoms with Crippen LogP contribution in [0.15, 0.2) is 176 Å². The Bertz CT molecular complexity index is 3420. The van der Waals surface area contributed by atoms with Crippen LogP contribution in [0, 0.1) is 22.7 Å². The van der Waals surface area contributed by atoms with E-state index in [0.29, 0.717) is 11.1 Å². The molecule has 3 heterocycles. The van der Waals surface area contributed by atoms with E-state index >= 15 is 0 Å². The molecule has 55 heavy (non-hydrogen) atoms. The molecule has 5 nitrogen and oxygen atoms in total. The molecule has 0 aliphatic carbocycles. The van der Waals surface area contributed by atoms with Gasteiger partial charge in [0.15, 0.2) is 0 Å². The van der Waals surface area contributed by atoms with Gasteiger partial charge < -0.3 is 13.7 Å². The van der Waals surface area contributed by atoms with Gasteiger partial charge in [0, 0.05) is 43.6 Å². The summed E-state index contributed by atoms with van der Waals surface area (Å²) in [6, 6.07) is 66.0. The lowest BCUT2D eigenvalue weighted by atomic mass is 10.00. The average Bonchev–Trinajstić information content (AvgIpc) is 3.89. The smallest absolute Gasteiger partial charge is 0.0992 e. The van der Waals surface area contributed by atoms with Crippen LogP contribution in [0.1, 0.15) is 11.1 Å². The number of fused-ring (bicyclic) bond motifs is 9. The summed E-state index contributed by atoms with van der Waals surface area (Å²) in [6.07, 6.45) is 0. The molecule has 254 valence electrons. The Morgan fingerprint density at radius 2 is 0.855 bits per heavy atom. The van der Waals surface area contributed by atoms with Crippen LogP contribution in [-0.4, -0.2) is 13.7 Å². The zero-order valence-corrected chi connectivity index (χ0v) is 29.5. The van der Waals surface area contributed by atoms with Crippen LogP contribution in [0.25, 0.3) is 93.6 Å². The maximum Gasteiger partial charge on any atom is 0.0992 e. The molecule has 0 saturated carbocycles. The summed E-state index contributed by atoms with van der Waals surface area (Å²) in [7, 11) is 0. The minimum atomic E-state index is 0.554. The van der Waals surface area contributed by atoms with Gasteiger partial charge in [-0.15, -0.1) is 0 Å². The van der Waals surface area contributed by atoms with Crippen LogP contribution in [0.5, 0.6) is 0 Å². The fraction of sp³-hybridized carbons (Fsp3) is 0. The maximum absolute atomic E-state index is 10.5. The molecule has 0 aliphatic rings. The first-order chi connectivity index (χ1) is 27.2. The van der Waals surface area contributed by atoms with Crippen molar-refractivity contribution in [3.05, 3.63) is 187 Å². The fourth-order valence-corrected chi connectivity index (χ4v) is 8.80.